The van der Waals surface area contributed by atoms with Gasteiger partial charge in [0.15, 0.2) is 4.96 Å². The normalized spacial score (nSPS) is 10.9. The molecule has 0 fully saturated rings. The van der Waals surface area contributed by atoms with Crippen LogP contribution in [0.5, 0.6) is 0 Å². The molecule has 0 radical (unpaired) electrons. The third kappa shape index (κ3) is 1.12. The lowest BCUT2D eigenvalue weighted by atomic mass is 10.3. The summed E-state index contributed by atoms with van der Waals surface area (Å²) in [5, 5.41) is 0. The predicted molar refractivity (Wildman–Crippen MR) is 56.3 cm³/mol. The molecule has 68 valence electrons. The summed E-state index contributed by atoms with van der Waals surface area (Å²) in [5.74, 6) is 0. The molecule has 3 aromatic rings. The molecule has 14 heavy (non-hydrogen) atoms. The van der Waals surface area contributed by atoms with Gasteiger partial charge in [0.05, 0.1) is 10.6 Å². The molecule has 0 spiro atoms. The van der Waals surface area contributed by atoms with E-state index in [0.29, 0.717) is 0 Å². The van der Waals surface area contributed by atoms with Gasteiger partial charge >= 0.3 is 0 Å². The molecule has 0 aromatic carbocycles. The van der Waals surface area contributed by atoms with Crippen molar-refractivity contribution in [2.24, 2.45) is 0 Å². The molecule has 3 aromatic heterocycles. The molecule has 0 aliphatic carbocycles. The van der Waals surface area contributed by atoms with Crippen LogP contribution in [-0.4, -0.2) is 14.4 Å². The lowest BCUT2D eigenvalue weighted by molar-refractivity contribution is 1.23. The van der Waals surface area contributed by atoms with Gasteiger partial charge in [-0.2, -0.15) is 0 Å². The molecular weight excluding hydrogens is 194 g/mol. The fraction of sp³-hybridized carbons (Fsp3) is 0. The second kappa shape index (κ2) is 2.92. The fourth-order valence-corrected chi connectivity index (χ4v) is 2.28. The van der Waals surface area contributed by atoms with Crippen molar-refractivity contribution in [2.75, 3.05) is 0 Å². The van der Waals surface area contributed by atoms with Gasteiger partial charge in [-0.3, -0.25) is 9.38 Å². The van der Waals surface area contributed by atoms with E-state index < -0.39 is 0 Å². The highest BCUT2D eigenvalue weighted by molar-refractivity contribution is 7.20. The lowest BCUT2D eigenvalue weighted by Gasteiger charge is -1.91. The van der Waals surface area contributed by atoms with Gasteiger partial charge in [-0.1, -0.05) is 17.4 Å². The minimum atomic E-state index is 1.00. The maximum absolute atomic E-state index is 4.29. The van der Waals surface area contributed by atoms with Crippen molar-refractivity contribution in [1.29, 1.82) is 0 Å². The molecular formula is C10H7N3S. The summed E-state index contributed by atoms with van der Waals surface area (Å²) < 4.78 is 2.01. The van der Waals surface area contributed by atoms with E-state index in [1.807, 2.05) is 28.8 Å². The average molecular weight is 201 g/mol. The Bertz CT molecular complexity index is 524. The Balaban J connectivity index is 2.19. The first-order chi connectivity index (χ1) is 6.93. The van der Waals surface area contributed by atoms with E-state index in [4.69, 9.17) is 0 Å². The van der Waals surface area contributed by atoms with E-state index in [9.17, 15) is 0 Å². The van der Waals surface area contributed by atoms with Crippen molar-refractivity contribution >= 4 is 16.3 Å². The zero-order chi connectivity index (χ0) is 9.38. The highest BCUT2D eigenvalue weighted by Crippen LogP contribution is 2.25. The van der Waals surface area contributed by atoms with Crippen LogP contribution in [0.2, 0.25) is 0 Å². The van der Waals surface area contributed by atoms with Crippen molar-refractivity contribution in [3.05, 3.63) is 43.0 Å². The molecule has 0 saturated carbocycles. The zero-order valence-electron chi connectivity index (χ0n) is 7.29. The molecule has 0 bridgehead atoms. The molecule has 0 aliphatic heterocycles. The first-order valence-electron chi connectivity index (χ1n) is 4.27. The minimum Gasteiger partial charge on any atom is -0.297 e. The van der Waals surface area contributed by atoms with Crippen LogP contribution in [0.15, 0.2) is 43.0 Å². The van der Waals surface area contributed by atoms with Crippen molar-refractivity contribution in [3.63, 3.8) is 0 Å². The third-order valence-corrected chi connectivity index (χ3v) is 3.04. The van der Waals surface area contributed by atoms with E-state index in [1.165, 1.54) is 0 Å². The SMILES string of the molecule is c1ccc(-c2cn3ccnc3s2)nc1. The smallest absolute Gasteiger partial charge is 0.194 e. The van der Waals surface area contributed by atoms with Crippen LogP contribution in [-0.2, 0) is 0 Å². The second-order valence-electron chi connectivity index (χ2n) is 2.93. The number of hydrogen-bond donors (Lipinski definition) is 0. The summed E-state index contributed by atoms with van der Waals surface area (Å²) in [5.41, 5.74) is 1.00. The summed E-state index contributed by atoms with van der Waals surface area (Å²) in [4.78, 5) is 10.7. The van der Waals surface area contributed by atoms with Crippen LogP contribution < -0.4 is 0 Å². The van der Waals surface area contributed by atoms with Crippen molar-refractivity contribution < 1.29 is 0 Å². The Morgan fingerprint density at radius 3 is 2.93 bits per heavy atom. The molecule has 3 nitrogen and oxygen atoms in total. The average Bonchev–Trinajstić information content (AvgIpc) is 2.78. The number of nitrogens with zero attached hydrogens (tertiary/aromatic N) is 3. The molecule has 3 heterocycles. The van der Waals surface area contributed by atoms with E-state index in [0.717, 1.165) is 15.5 Å². The van der Waals surface area contributed by atoms with Gasteiger partial charge < -0.3 is 0 Å². The molecule has 4 heteroatoms. The number of fused-ring (bicyclic) bond motifs is 1. The van der Waals surface area contributed by atoms with Crippen molar-refractivity contribution in [2.45, 2.75) is 0 Å². The van der Waals surface area contributed by atoms with Crippen molar-refractivity contribution in [1.82, 2.24) is 14.4 Å². The molecule has 0 unspecified atom stereocenters. The molecule has 0 atom stereocenters. The van der Waals surface area contributed by atoms with Gasteiger partial charge in [-0.05, 0) is 12.1 Å². The summed E-state index contributed by atoms with van der Waals surface area (Å²) in [7, 11) is 0. The largest absolute Gasteiger partial charge is 0.297 e. The number of rotatable bonds is 1. The second-order valence-corrected chi connectivity index (χ2v) is 3.94. The Morgan fingerprint density at radius 2 is 2.14 bits per heavy atom. The number of imidazole rings is 1. The maximum atomic E-state index is 4.29. The van der Waals surface area contributed by atoms with Crippen LogP contribution in [0.3, 0.4) is 0 Å². The molecule has 3 rings (SSSR count). The number of hydrogen-bond acceptors (Lipinski definition) is 3. The van der Waals surface area contributed by atoms with E-state index >= 15 is 0 Å². The predicted octanol–water partition coefficient (Wildman–Crippen LogP) is 2.46. The van der Waals surface area contributed by atoms with Gasteiger partial charge in [0.25, 0.3) is 0 Å². The number of aromatic nitrogens is 3. The van der Waals surface area contributed by atoms with E-state index in [2.05, 4.69) is 16.2 Å². The topological polar surface area (TPSA) is 30.2 Å². The van der Waals surface area contributed by atoms with Gasteiger partial charge in [-0.25, -0.2) is 4.98 Å². The molecule has 0 amide bonds. The maximum Gasteiger partial charge on any atom is 0.194 e. The van der Waals surface area contributed by atoms with Crippen LogP contribution in [0.1, 0.15) is 0 Å². The summed E-state index contributed by atoms with van der Waals surface area (Å²) in [6.07, 6.45) is 7.60. The fourth-order valence-electron chi connectivity index (χ4n) is 1.35. The van der Waals surface area contributed by atoms with Gasteiger partial charge in [0, 0.05) is 24.8 Å². The van der Waals surface area contributed by atoms with Crippen LogP contribution >= 0.6 is 11.3 Å². The van der Waals surface area contributed by atoms with Gasteiger partial charge in [-0.15, -0.1) is 0 Å². The lowest BCUT2D eigenvalue weighted by Crippen LogP contribution is -1.77. The van der Waals surface area contributed by atoms with Crippen LogP contribution in [0.25, 0.3) is 15.5 Å². The zero-order valence-corrected chi connectivity index (χ0v) is 8.11. The Kier molecular flexibility index (Phi) is 1.61. The number of pyridine rings is 1. The Labute approximate surface area is 84.7 Å². The number of thiazole rings is 1. The monoisotopic (exact) mass is 201 g/mol. The highest BCUT2D eigenvalue weighted by atomic mass is 32.1. The quantitative estimate of drug-likeness (QED) is 0.605. The highest BCUT2D eigenvalue weighted by Gasteiger charge is 2.04. The molecule has 0 aliphatic rings. The molecule has 0 N–H and O–H groups in total. The van der Waals surface area contributed by atoms with Crippen LogP contribution in [0.4, 0.5) is 0 Å². The first-order valence-corrected chi connectivity index (χ1v) is 5.09. The van der Waals surface area contributed by atoms with Gasteiger partial charge in [0.1, 0.15) is 0 Å². The Hall–Kier alpha value is -1.68. The van der Waals surface area contributed by atoms with E-state index in [1.54, 1.807) is 23.7 Å². The minimum absolute atomic E-state index is 1.00. The summed E-state index contributed by atoms with van der Waals surface area (Å²) in [6.45, 7) is 0. The van der Waals surface area contributed by atoms with E-state index in [-0.39, 0.29) is 0 Å². The first kappa shape index (κ1) is 7.70. The Morgan fingerprint density at radius 1 is 1.14 bits per heavy atom. The van der Waals surface area contributed by atoms with Crippen LogP contribution in [0, 0.1) is 0 Å². The molecule has 0 saturated heterocycles. The van der Waals surface area contributed by atoms with Gasteiger partial charge in [0.2, 0.25) is 0 Å². The third-order valence-electron chi connectivity index (χ3n) is 2.01. The van der Waals surface area contributed by atoms with Crippen molar-refractivity contribution in [3.8, 4) is 10.6 Å². The summed E-state index contributed by atoms with van der Waals surface area (Å²) >= 11 is 1.65. The standard InChI is InChI=1S/C10H7N3S/c1-2-4-11-8(3-1)9-7-13-6-5-12-10(13)14-9/h1-7H. The summed E-state index contributed by atoms with van der Waals surface area (Å²) in [6, 6.07) is 5.91.